The van der Waals surface area contributed by atoms with Crippen LogP contribution in [-0.4, -0.2) is 51.6 Å². The largest absolute Gasteiger partial charge is 0.461 e. The van der Waals surface area contributed by atoms with E-state index in [0.29, 0.717) is 10.8 Å². The summed E-state index contributed by atoms with van der Waals surface area (Å²) in [7, 11) is 0. The average molecular weight is 442 g/mol. The number of non-ortho nitro benzene ring substituents is 1. The second-order valence-electron chi connectivity index (χ2n) is 6.02. The van der Waals surface area contributed by atoms with E-state index in [1.54, 1.807) is 24.3 Å². The number of nitro groups is 1. The normalized spacial score (nSPS) is 23.8. The highest BCUT2D eigenvalue weighted by molar-refractivity contribution is 7.79. The van der Waals surface area contributed by atoms with Crippen LogP contribution in [0.4, 0.5) is 5.69 Å². The maximum Gasteiger partial charge on any atom is 0.358 e. The van der Waals surface area contributed by atoms with Gasteiger partial charge in [0.2, 0.25) is 6.29 Å². The van der Waals surface area contributed by atoms with E-state index in [9.17, 15) is 20.3 Å². The Morgan fingerprint density at radius 2 is 1.76 bits per heavy atom. The van der Waals surface area contributed by atoms with Gasteiger partial charge in [-0.05, 0) is 36.4 Å². The number of aliphatic hydroxyl groups excluding tert-OH is 2. The molecule has 2 N–H and O–H groups in total. The Hall–Kier alpha value is -2.50. The molecule has 154 valence electrons. The highest BCUT2D eigenvalue weighted by Gasteiger charge is 2.43. The van der Waals surface area contributed by atoms with Crippen LogP contribution in [0.3, 0.4) is 0 Å². The van der Waals surface area contributed by atoms with Crippen molar-refractivity contribution in [2.45, 2.75) is 24.6 Å². The van der Waals surface area contributed by atoms with Gasteiger partial charge in [0.15, 0.2) is 6.10 Å². The number of aliphatic hydroxyl groups is 2. The van der Waals surface area contributed by atoms with Crippen molar-refractivity contribution in [1.29, 1.82) is 0 Å². The molecule has 0 aliphatic carbocycles. The van der Waals surface area contributed by atoms with Crippen LogP contribution in [0.1, 0.15) is 0 Å². The van der Waals surface area contributed by atoms with Crippen LogP contribution in [0, 0.1) is 10.1 Å². The quantitative estimate of drug-likeness (QED) is 0.409. The smallest absolute Gasteiger partial charge is 0.358 e. The number of halogens is 1. The van der Waals surface area contributed by atoms with Gasteiger partial charge in [-0.2, -0.15) is 0 Å². The highest BCUT2D eigenvalue weighted by atomic mass is 35.5. The van der Waals surface area contributed by atoms with E-state index in [2.05, 4.69) is 0 Å². The van der Waals surface area contributed by atoms with Crippen LogP contribution < -0.4 is 9.47 Å². The molecule has 0 saturated carbocycles. The predicted octanol–water partition coefficient (Wildman–Crippen LogP) is 2.45. The predicted molar refractivity (Wildman–Crippen MR) is 105 cm³/mol. The van der Waals surface area contributed by atoms with E-state index in [-0.39, 0.29) is 23.3 Å². The lowest BCUT2D eigenvalue weighted by atomic mass is 10.1. The van der Waals surface area contributed by atoms with E-state index in [4.69, 9.17) is 42.8 Å². The molecular formula is C18H16ClNO8S. The third kappa shape index (κ3) is 5.52. The van der Waals surface area contributed by atoms with Crippen molar-refractivity contribution in [3.8, 4) is 11.5 Å². The lowest BCUT2D eigenvalue weighted by molar-refractivity contribution is -0.384. The monoisotopic (exact) mass is 441 g/mol. The van der Waals surface area contributed by atoms with Crippen molar-refractivity contribution in [2.24, 2.45) is 0 Å². The zero-order valence-electron chi connectivity index (χ0n) is 14.7. The van der Waals surface area contributed by atoms with Gasteiger partial charge in [-0.25, -0.2) is 0 Å². The summed E-state index contributed by atoms with van der Waals surface area (Å²) in [5.41, 5.74) is -0.111. The van der Waals surface area contributed by atoms with Crippen LogP contribution in [0.15, 0.2) is 48.5 Å². The molecule has 1 aliphatic heterocycles. The summed E-state index contributed by atoms with van der Waals surface area (Å²) in [6.45, 7) is -0.171. The van der Waals surface area contributed by atoms with Gasteiger partial charge in [0.05, 0.1) is 11.5 Å². The fourth-order valence-electron chi connectivity index (χ4n) is 2.51. The maximum atomic E-state index is 10.7. The molecule has 0 spiro atoms. The van der Waals surface area contributed by atoms with Gasteiger partial charge in [0.25, 0.3) is 5.69 Å². The summed E-state index contributed by atoms with van der Waals surface area (Å²) >= 11 is 10.9. The summed E-state index contributed by atoms with van der Waals surface area (Å²) in [6.07, 6.45) is -4.86. The van der Waals surface area contributed by atoms with Crippen LogP contribution in [0.5, 0.6) is 11.5 Å². The number of nitrogens with zero attached hydrogens (tertiary/aromatic N) is 1. The number of rotatable bonds is 5. The molecule has 0 bridgehead atoms. The molecular weight excluding hydrogens is 426 g/mol. The zero-order valence-corrected chi connectivity index (χ0v) is 16.3. The molecule has 3 rings (SSSR count). The third-order valence-corrected chi connectivity index (χ3v) is 4.41. The molecule has 29 heavy (non-hydrogen) atoms. The minimum Gasteiger partial charge on any atom is -0.461 e. The molecule has 9 nitrogen and oxygen atoms in total. The SMILES string of the molecule is O=[N+]([O-])c1ccc(OC(=S)O[C@H]2[C@@H](Oc3ccc(Cl)cc3)OC[C@@H](O)[C@@H]2O)cc1. The van der Waals surface area contributed by atoms with Crippen LogP contribution in [0.2, 0.25) is 5.02 Å². The first-order valence-electron chi connectivity index (χ1n) is 8.36. The van der Waals surface area contributed by atoms with Gasteiger partial charge in [-0.3, -0.25) is 10.1 Å². The highest BCUT2D eigenvalue weighted by Crippen LogP contribution is 2.25. The summed E-state index contributed by atoms with van der Waals surface area (Å²) in [4.78, 5) is 10.1. The van der Waals surface area contributed by atoms with Gasteiger partial charge in [-0.15, -0.1) is 0 Å². The minimum atomic E-state index is -1.36. The first-order valence-corrected chi connectivity index (χ1v) is 9.15. The topological polar surface area (TPSA) is 121 Å². The van der Waals surface area contributed by atoms with Gasteiger partial charge < -0.3 is 29.2 Å². The Balaban J connectivity index is 1.67. The summed E-state index contributed by atoms with van der Waals surface area (Å²) in [5, 5.41) is 31.0. The number of hydrogen-bond donors (Lipinski definition) is 2. The fraction of sp³-hybridized carbons (Fsp3) is 0.278. The van der Waals surface area contributed by atoms with Crippen molar-refractivity contribution in [3.63, 3.8) is 0 Å². The van der Waals surface area contributed by atoms with Crippen molar-refractivity contribution in [1.82, 2.24) is 0 Å². The van der Waals surface area contributed by atoms with Gasteiger partial charge in [0, 0.05) is 29.4 Å². The molecule has 1 heterocycles. The van der Waals surface area contributed by atoms with Crippen molar-refractivity contribution in [3.05, 3.63) is 63.7 Å². The Morgan fingerprint density at radius 3 is 2.38 bits per heavy atom. The van der Waals surface area contributed by atoms with Gasteiger partial charge >= 0.3 is 5.24 Å². The lowest BCUT2D eigenvalue weighted by Crippen LogP contribution is -2.56. The van der Waals surface area contributed by atoms with E-state index in [1.165, 1.54) is 24.3 Å². The van der Waals surface area contributed by atoms with Crippen LogP contribution in [-0.2, 0) is 9.47 Å². The van der Waals surface area contributed by atoms with E-state index in [1.807, 2.05) is 0 Å². The molecule has 4 atom stereocenters. The molecule has 0 aromatic heterocycles. The Morgan fingerprint density at radius 1 is 1.14 bits per heavy atom. The van der Waals surface area contributed by atoms with Gasteiger partial charge in [-0.1, -0.05) is 11.6 Å². The maximum absolute atomic E-state index is 10.7. The van der Waals surface area contributed by atoms with Crippen molar-refractivity contribution < 1.29 is 34.1 Å². The number of thiocarbonyl (C=S) groups is 1. The summed E-state index contributed by atoms with van der Waals surface area (Å²) < 4.78 is 21.9. The number of hydrogen-bond acceptors (Lipinski definition) is 9. The Labute approximate surface area is 175 Å². The van der Waals surface area contributed by atoms with Crippen molar-refractivity contribution >= 4 is 34.7 Å². The fourth-order valence-corrected chi connectivity index (χ4v) is 2.84. The molecule has 1 fully saturated rings. The molecule has 2 aromatic rings. The molecule has 1 saturated heterocycles. The van der Waals surface area contributed by atoms with Crippen LogP contribution >= 0.6 is 23.8 Å². The summed E-state index contributed by atoms with van der Waals surface area (Å²) in [5.74, 6) is 0.598. The zero-order chi connectivity index (χ0) is 21.0. The second kappa shape index (κ2) is 9.33. The minimum absolute atomic E-state index is 0.111. The molecule has 0 amide bonds. The molecule has 2 aromatic carbocycles. The molecule has 11 heteroatoms. The number of benzene rings is 2. The molecule has 0 unspecified atom stereocenters. The average Bonchev–Trinajstić information content (AvgIpc) is 2.69. The Kier molecular flexibility index (Phi) is 6.83. The van der Waals surface area contributed by atoms with Crippen molar-refractivity contribution in [2.75, 3.05) is 6.61 Å². The van der Waals surface area contributed by atoms with E-state index >= 15 is 0 Å². The third-order valence-electron chi connectivity index (χ3n) is 3.98. The second-order valence-corrected chi connectivity index (χ2v) is 6.79. The number of ether oxygens (including phenoxy) is 4. The van der Waals surface area contributed by atoms with Gasteiger partial charge in [0.1, 0.15) is 23.7 Å². The van der Waals surface area contributed by atoms with E-state index in [0.717, 1.165) is 0 Å². The Bertz CT molecular complexity index is 863. The standard InChI is InChI=1S/C18H16ClNO8S/c19-10-1-5-12(6-2-10)26-17-16(15(22)14(21)9-25-17)28-18(29)27-13-7-3-11(4-8-13)20(23)24/h1-8,14-17,21-22H,9H2/t14-,15+,16-,17-/m1/s1. The first-order chi connectivity index (χ1) is 13.8. The molecule has 0 radical (unpaired) electrons. The van der Waals surface area contributed by atoms with E-state index < -0.39 is 29.5 Å². The summed E-state index contributed by atoms with van der Waals surface area (Å²) in [6, 6.07) is 11.6. The first kappa shape index (κ1) is 21.2. The molecule has 1 aliphatic rings. The number of nitro benzene ring substituents is 1. The van der Waals surface area contributed by atoms with Crippen LogP contribution in [0.25, 0.3) is 0 Å². The lowest BCUT2D eigenvalue weighted by Gasteiger charge is -2.37.